The number of carbonyl (C=O) groups is 1. The minimum absolute atomic E-state index is 0.119. The molecule has 1 heterocycles. The first-order chi connectivity index (χ1) is 7.77. The van der Waals surface area contributed by atoms with E-state index < -0.39 is 0 Å². The molecule has 0 aliphatic heterocycles. The van der Waals surface area contributed by atoms with Crippen LogP contribution >= 0.6 is 11.3 Å². The number of hydrogen-bond donors (Lipinski definition) is 0. The van der Waals surface area contributed by atoms with E-state index in [1.807, 2.05) is 53.2 Å². The van der Waals surface area contributed by atoms with E-state index in [-0.39, 0.29) is 5.78 Å². The normalized spacial score (nSPS) is 10.8. The first-order valence-electron chi connectivity index (χ1n) is 5.07. The lowest BCUT2D eigenvalue weighted by atomic mass is 10.1. The Morgan fingerprint density at radius 2 is 1.88 bits per heavy atom. The van der Waals surface area contributed by atoms with Gasteiger partial charge < -0.3 is 0 Å². The van der Waals surface area contributed by atoms with Gasteiger partial charge in [-0.05, 0) is 23.4 Å². The van der Waals surface area contributed by atoms with Gasteiger partial charge in [0.05, 0.1) is 0 Å². The first kappa shape index (κ1) is 10.8. The van der Waals surface area contributed by atoms with Crippen LogP contribution in [0, 0.1) is 0 Å². The third-order valence-corrected chi connectivity index (χ3v) is 3.09. The molecule has 0 atom stereocenters. The van der Waals surface area contributed by atoms with Crippen molar-refractivity contribution in [3.63, 3.8) is 0 Å². The summed E-state index contributed by atoms with van der Waals surface area (Å²) < 4.78 is 0. The minimum atomic E-state index is 0.119. The van der Waals surface area contributed by atoms with Gasteiger partial charge in [0.25, 0.3) is 0 Å². The van der Waals surface area contributed by atoms with Gasteiger partial charge in [-0.3, -0.25) is 4.79 Å². The van der Waals surface area contributed by atoms with Crippen molar-refractivity contribution in [3.8, 4) is 0 Å². The number of thiophene rings is 1. The van der Waals surface area contributed by atoms with Crippen molar-refractivity contribution >= 4 is 29.3 Å². The highest BCUT2D eigenvalue weighted by molar-refractivity contribution is 7.08. The predicted molar refractivity (Wildman–Crippen MR) is 69.7 cm³/mol. The number of benzene rings is 1. The van der Waals surface area contributed by atoms with Crippen molar-refractivity contribution in [2.45, 2.75) is 6.92 Å². The second-order valence-electron chi connectivity index (χ2n) is 3.54. The fourth-order valence-corrected chi connectivity index (χ4v) is 2.33. The molecule has 0 bridgehead atoms. The molecule has 0 aliphatic rings. The molecule has 0 radical (unpaired) electrons. The largest absolute Gasteiger partial charge is 0.294 e. The van der Waals surface area contributed by atoms with Gasteiger partial charge in [0.2, 0.25) is 0 Å². The van der Waals surface area contributed by atoms with Crippen LogP contribution in [0.4, 0.5) is 0 Å². The molecule has 2 rings (SSSR count). The maximum Gasteiger partial charge on any atom is 0.161 e. The quantitative estimate of drug-likeness (QED) is 0.722. The third kappa shape index (κ3) is 2.47. The zero-order chi connectivity index (χ0) is 11.4. The van der Waals surface area contributed by atoms with Gasteiger partial charge in [-0.2, -0.15) is 11.3 Å². The summed E-state index contributed by atoms with van der Waals surface area (Å²) >= 11 is 1.56. The number of rotatable bonds is 3. The van der Waals surface area contributed by atoms with E-state index in [1.54, 1.807) is 18.3 Å². The molecule has 80 valence electrons. The Balaban J connectivity index is 2.24. The summed E-state index contributed by atoms with van der Waals surface area (Å²) in [5.74, 6) is 0.119. The van der Waals surface area contributed by atoms with Crippen molar-refractivity contribution in [1.82, 2.24) is 0 Å². The Labute approximate surface area is 99.1 Å². The molecule has 0 amide bonds. The lowest BCUT2D eigenvalue weighted by molar-refractivity contribution is 0.101. The van der Waals surface area contributed by atoms with Crippen molar-refractivity contribution in [1.29, 1.82) is 0 Å². The molecule has 2 heteroatoms. The lowest BCUT2D eigenvalue weighted by Crippen LogP contribution is -1.90. The zero-order valence-corrected chi connectivity index (χ0v) is 9.83. The van der Waals surface area contributed by atoms with Gasteiger partial charge in [-0.1, -0.05) is 42.5 Å². The average molecular weight is 228 g/mol. The van der Waals surface area contributed by atoms with Crippen LogP contribution in [0.15, 0.2) is 41.1 Å². The maximum atomic E-state index is 11.3. The lowest BCUT2D eigenvalue weighted by Gasteiger charge is -1.94. The molecule has 0 saturated carbocycles. The Morgan fingerprint density at radius 3 is 2.56 bits per heavy atom. The van der Waals surface area contributed by atoms with E-state index in [1.165, 1.54) is 0 Å². The van der Waals surface area contributed by atoms with Crippen LogP contribution in [0.25, 0.3) is 12.2 Å². The molecule has 2 aromatic rings. The van der Waals surface area contributed by atoms with E-state index in [2.05, 4.69) is 0 Å². The molecule has 0 aliphatic carbocycles. The summed E-state index contributed by atoms with van der Waals surface area (Å²) in [4.78, 5) is 11.3. The number of hydrogen-bond acceptors (Lipinski definition) is 2. The Kier molecular flexibility index (Phi) is 3.32. The molecule has 1 nitrogen and oxygen atoms in total. The summed E-state index contributed by atoms with van der Waals surface area (Å²) in [6.45, 7) is 1.60. The SMILES string of the molecule is CC(=O)c1cscc1/C=C/c1ccccc1. The van der Waals surface area contributed by atoms with Crippen molar-refractivity contribution < 1.29 is 4.79 Å². The van der Waals surface area contributed by atoms with E-state index in [0.717, 1.165) is 16.7 Å². The summed E-state index contributed by atoms with van der Waals surface area (Å²) in [6.07, 6.45) is 4.01. The van der Waals surface area contributed by atoms with Gasteiger partial charge in [0.1, 0.15) is 0 Å². The predicted octanol–water partition coefficient (Wildman–Crippen LogP) is 4.12. The van der Waals surface area contributed by atoms with Crippen molar-refractivity contribution in [2.24, 2.45) is 0 Å². The van der Waals surface area contributed by atoms with Crippen LogP contribution < -0.4 is 0 Å². The van der Waals surface area contributed by atoms with E-state index in [9.17, 15) is 4.79 Å². The second kappa shape index (κ2) is 4.90. The highest BCUT2D eigenvalue weighted by Gasteiger charge is 2.04. The molecule has 0 N–H and O–H groups in total. The Hall–Kier alpha value is -1.67. The first-order valence-corrected chi connectivity index (χ1v) is 6.02. The highest BCUT2D eigenvalue weighted by atomic mass is 32.1. The molecule has 16 heavy (non-hydrogen) atoms. The molecule has 1 aromatic heterocycles. The van der Waals surface area contributed by atoms with Crippen LogP contribution in [-0.2, 0) is 0 Å². The topological polar surface area (TPSA) is 17.1 Å². The van der Waals surface area contributed by atoms with Crippen LogP contribution in [0.5, 0.6) is 0 Å². The molecule has 0 fully saturated rings. The smallest absolute Gasteiger partial charge is 0.161 e. The third-order valence-electron chi connectivity index (χ3n) is 2.33. The maximum absolute atomic E-state index is 11.3. The monoisotopic (exact) mass is 228 g/mol. The van der Waals surface area contributed by atoms with Crippen LogP contribution in [0.2, 0.25) is 0 Å². The van der Waals surface area contributed by atoms with Gasteiger partial charge in [0, 0.05) is 10.9 Å². The van der Waals surface area contributed by atoms with Crippen molar-refractivity contribution in [2.75, 3.05) is 0 Å². The molecule has 0 unspecified atom stereocenters. The second-order valence-corrected chi connectivity index (χ2v) is 4.28. The van der Waals surface area contributed by atoms with Gasteiger partial charge in [-0.25, -0.2) is 0 Å². The van der Waals surface area contributed by atoms with E-state index in [4.69, 9.17) is 0 Å². The Morgan fingerprint density at radius 1 is 1.12 bits per heavy atom. The summed E-state index contributed by atoms with van der Waals surface area (Å²) in [5.41, 5.74) is 2.95. The average Bonchev–Trinajstić information content (AvgIpc) is 2.76. The zero-order valence-electron chi connectivity index (χ0n) is 9.01. The Bertz CT molecular complexity index is 509. The van der Waals surface area contributed by atoms with Gasteiger partial charge >= 0.3 is 0 Å². The van der Waals surface area contributed by atoms with E-state index >= 15 is 0 Å². The van der Waals surface area contributed by atoms with Crippen molar-refractivity contribution in [3.05, 3.63) is 57.8 Å². The summed E-state index contributed by atoms with van der Waals surface area (Å²) in [5, 5.41) is 3.89. The van der Waals surface area contributed by atoms with Crippen LogP contribution in [0.1, 0.15) is 28.4 Å². The fraction of sp³-hybridized carbons (Fsp3) is 0.0714. The van der Waals surface area contributed by atoms with Gasteiger partial charge in [0.15, 0.2) is 5.78 Å². The summed E-state index contributed by atoms with van der Waals surface area (Å²) in [6, 6.07) is 10.1. The number of Topliss-reactive ketones (excluding diaryl/α,β-unsaturated/α-hetero) is 1. The van der Waals surface area contributed by atoms with Gasteiger partial charge in [-0.15, -0.1) is 0 Å². The summed E-state index contributed by atoms with van der Waals surface area (Å²) in [7, 11) is 0. The van der Waals surface area contributed by atoms with E-state index in [0.29, 0.717) is 0 Å². The molecule has 1 aromatic carbocycles. The van der Waals surface area contributed by atoms with Crippen LogP contribution in [0.3, 0.4) is 0 Å². The van der Waals surface area contributed by atoms with Crippen LogP contribution in [-0.4, -0.2) is 5.78 Å². The number of ketones is 1. The molecular weight excluding hydrogens is 216 g/mol. The fourth-order valence-electron chi connectivity index (χ4n) is 1.47. The standard InChI is InChI=1S/C14H12OS/c1-11(15)14-10-16-9-13(14)8-7-12-5-3-2-4-6-12/h2-10H,1H3/b8-7+. The minimum Gasteiger partial charge on any atom is -0.294 e. The molecule has 0 spiro atoms. The molecular formula is C14H12OS. The molecule has 0 saturated heterocycles. The highest BCUT2D eigenvalue weighted by Crippen LogP contribution is 2.18. The number of carbonyl (C=O) groups excluding carboxylic acids is 1.